The number of carbonyl (C=O) groups excluding carboxylic acids is 2. The number of hydrogen-bond acceptors (Lipinski definition) is 9. The zero-order valence-corrected chi connectivity index (χ0v) is 23.0. The molecule has 0 bridgehead atoms. The topological polar surface area (TPSA) is 113 Å². The van der Waals surface area contributed by atoms with E-state index < -0.39 is 11.9 Å². The molecule has 9 nitrogen and oxygen atoms in total. The van der Waals surface area contributed by atoms with E-state index in [1.54, 1.807) is 33.3 Å². The van der Waals surface area contributed by atoms with Gasteiger partial charge < -0.3 is 34.1 Å². The van der Waals surface area contributed by atoms with Gasteiger partial charge in [-0.15, -0.1) is 0 Å². The van der Waals surface area contributed by atoms with Gasteiger partial charge in [-0.05, 0) is 61.6 Å². The molecule has 1 heterocycles. The lowest BCUT2D eigenvalue weighted by molar-refractivity contribution is -0.140. The molecule has 1 aliphatic heterocycles. The molecule has 2 N–H and O–H groups in total. The van der Waals surface area contributed by atoms with Gasteiger partial charge in [0.25, 0.3) is 0 Å². The zero-order chi connectivity index (χ0) is 28.1. The van der Waals surface area contributed by atoms with Crippen molar-refractivity contribution < 1.29 is 38.4 Å². The minimum Gasteiger partial charge on any atom is -0.504 e. The summed E-state index contributed by atoms with van der Waals surface area (Å²) < 4.78 is 26.9. The molecule has 0 saturated carbocycles. The maximum Gasteiger partial charge on any atom is 0.336 e. The van der Waals surface area contributed by atoms with Crippen LogP contribution in [-0.4, -0.2) is 58.0 Å². The molecule has 0 amide bonds. The highest BCUT2D eigenvalue weighted by Gasteiger charge is 2.41. The summed E-state index contributed by atoms with van der Waals surface area (Å²) in [6.45, 7) is 4.54. The predicted octanol–water partition coefficient (Wildman–Crippen LogP) is 4.36. The number of aromatic hydroxyl groups is 1. The molecule has 0 aromatic heterocycles. The van der Waals surface area contributed by atoms with Crippen molar-refractivity contribution in [3.8, 4) is 23.0 Å². The summed E-state index contributed by atoms with van der Waals surface area (Å²) in [5, 5.41) is 13.9. The Morgan fingerprint density at radius 1 is 0.949 bits per heavy atom. The van der Waals surface area contributed by atoms with Crippen LogP contribution in [0.4, 0.5) is 0 Å². The number of phenolic OH excluding ortho intramolecular Hbond substituents is 1. The van der Waals surface area contributed by atoms with Gasteiger partial charge >= 0.3 is 5.97 Å². The smallest absolute Gasteiger partial charge is 0.336 e. The van der Waals surface area contributed by atoms with Gasteiger partial charge in [-0.3, -0.25) is 4.79 Å². The van der Waals surface area contributed by atoms with Crippen LogP contribution in [-0.2, 0) is 19.1 Å². The van der Waals surface area contributed by atoms with Crippen LogP contribution in [0, 0.1) is 0 Å². The van der Waals surface area contributed by atoms with Crippen molar-refractivity contribution >= 4 is 11.8 Å². The highest BCUT2D eigenvalue weighted by Crippen LogP contribution is 2.47. The number of benzene rings is 2. The predicted molar refractivity (Wildman–Crippen MR) is 144 cm³/mol. The van der Waals surface area contributed by atoms with Crippen LogP contribution in [0.1, 0.15) is 49.7 Å². The molecule has 1 aliphatic carbocycles. The number of dihydropyridines is 1. The fourth-order valence-corrected chi connectivity index (χ4v) is 5.29. The number of hydrogen-bond donors (Lipinski definition) is 2. The average Bonchev–Trinajstić information content (AvgIpc) is 2.93. The minimum atomic E-state index is -0.712. The molecule has 2 atom stereocenters. The second-order valence-corrected chi connectivity index (χ2v) is 9.40. The first-order valence-electron chi connectivity index (χ1n) is 12.9. The molecule has 9 heteroatoms. The second kappa shape index (κ2) is 12.3. The molecular formula is C30H35NO8. The monoisotopic (exact) mass is 537 g/mol. The third-order valence-electron chi connectivity index (χ3n) is 7.13. The van der Waals surface area contributed by atoms with E-state index in [9.17, 15) is 14.7 Å². The van der Waals surface area contributed by atoms with E-state index in [1.807, 2.05) is 25.1 Å². The highest BCUT2D eigenvalue weighted by molar-refractivity contribution is 6.04. The quantitative estimate of drug-likeness (QED) is 0.337. The minimum absolute atomic E-state index is 0.0798. The van der Waals surface area contributed by atoms with Crippen LogP contribution in [0.25, 0.3) is 0 Å². The van der Waals surface area contributed by atoms with Gasteiger partial charge in [0.15, 0.2) is 28.8 Å². The van der Waals surface area contributed by atoms with E-state index in [2.05, 4.69) is 5.32 Å². The van der Waals surface area contributed by atoms with E-state index in [1.165, 1.54) is 13.2 Å². The number of methoxy groups -OCH3 is 3. The van der Waals surface area contributed by atoms with Gasteiger partial charge in [-0.2, -0.15) is 0 Å². The SMILES string of the molecule is CCOCCOC(=O)C1=C(C)NC2=C(C(=O)C[C@H](c3ccc(OC)c(OC)c3)C2)[C@H]1c1ccc(OC)c(O)c1. The third kappa shape index (κ3) is 5.73. The Kier molecular flexibility index (Phi) is 8.81. The second-order valence-electron chi connectivity index (χ2n) is 9.40. The van der Waals surface area contributed by atoms with Crippen LogP contribution in [0.3, 0.4) is 0 Å². The van der Waals surface area contributed by atoms with Crippen molar-refractivity contribution in [3.05, 3.63) is 70.1 Å². The molecule has 0 radical (unpaired) electrons. The number of allylic oxidation sites excluding steroid dienone is 3. The lowest BCUT2D eigenvalue weighted by Gasteiger charge is -2.37. The van der Waals surface area contributed by atoms with Crippen molar-refractivity contribution in [2.24, 2.45) is 0 Å². The fraction of sp³-hybridized carbons (Fsp3) is 0.400. The number of Topliss-reactive ketones (excluding diaryl/α,β-unsaturated/α-hetero) is 1. The maximum absolute atomic E-state index is 13.8. The Bertz CT molecular complexity index is 1310. The number of carbonyl (C=O) groups is 2. The van der Waals surface area contributed by atoms with Gasteiger partial charge in [0, 0.05) is 35.9 Å². The lowest BCUT2D eigenvalue weighted by atomic mass is 9.71. The fourth-order valence-electron chi connectivity index (χ4n) is 5.29. The molecule has 0 unspecified atom stereocenters. The molecule has 39 heavy (non-hydrogen) atoms. The summed E-state index contributed by atoms with van der Waals surface area (Å²) >= 11 is 0. The zero-order valence-electron chi connectivity index (χ0n) is 23.0. The van der Waals surface area contributed by atoms with Gasteiger partial charge in [-0.1, -0.05) is 12.1 Å². The van der Waals surface area contributed by atoms with E-state index in [4.69, 9.17) is 23.7 Å². The van der Waals surface area contributed by atoms with E-state index in [-0.39, 0.29) is 37.1 Å². The summed E-state index contributed by atoms with van der Waals surface area (Å²) in [5.41, 5.74) is 3.71. The standard InChI is InChI=1S/C30H35NO8/c1-6-38-11-12-39-30(34)27-17(2)31-21-13-20(18-7-10-25(36-4)26(16-18)37-5)15-23(33)29(21)28(27)19-8-9-24(35-3)22(32)14-19/h7-10,14,16,20,28,31-32H,6,11-13,15H2,1-5H3/t20-,28+/m1/s1. The van der Waals surface area contributed by atoms with Crippen LogP contribution in [0.2, 0.25) is 0 Å². The van der Waals surface area contributed by atoms with Crippen molar-refractivity contribution in [2.75, 3.05) is 41.2 Å². The molecular weight excluding hydrogens is 502 g/mol. The summed E-state index contributed by atoms with van der Waals surface area (Å²) in [6.07, 6.45) is 0.805. The van der Waals surface area contributed by atoms with E-state index in [0.29, 0.717) is 52.7 Å². The van der Waals surface area contributed by atoms with Crippen LogP contribution < -0.4 is 19.5 Å². The molecule has 208 valence electrons. The average molecular weight is 538 g/mol. The van der Waals surface area contributed by atoms with Gasteiger partial charge in [0.1, 0.15) is 6.61 Å². The van der Waals surface area contributed by atoms with Crippen molar-refractivity contribution in [1.82, 2.24) is 5.32 Å². The number of esters is 1. The molecule has 0 spiro atoms. The number of phenols is 1. The molecule has 2 aromatic rings. The molecule has 0 fully saturated rings. The van der Waals surface area contributed by atoms with Crippen LogP contribution in [0.15, 0.2) is 58.9 Å². The lowest BCUT2D eigenvalue weighted by Crippen LogP contribution is -2.36. The first-order chi connectivity index (χ1) is 18.8. The number of rotatable bonds is 10. The Hall–Kier alpha value is -3.98. The normalized spacial score (nSPS) is 18.8. The largest absolute Gasteiger partial charge is 0.504 e. The summed E-state index contributed by atoms with van der Waals surface area (Å²) in [4.78, 5) is 27.2. The molecule has 2 aromatic carbocycles. The van der Waals surface area contributed by atoms with Gasteiger partial charge in [-0.25, -0.2) is 4.79 Å². The molecule has 0 saturated heterocycles. The summed E-state index contributed by atoms with van der Waals surface area (Å²) in [5.74, 6) is -0.00566. The summed E-state index contributed by atoms with van der Waals surface area (Å²) in [6, 6.07) is 10.6. The Morgan fingerprint density at radius 2 is 1.64 bits per heavy atom. The summed E-state index contributed by atoms with van der Waals surface area (Å²) in [7, 11) is 4.62. The van der Waals surface area contributed by atoms with Gasteiger partial charge in [0.2, 0.25) is 0 Å². The van der Waals surface area contributed by atoms with Crippen molar-refractivity contribution in [2.45, 2.75) is 38.5 Å². The Balaban J connectivity index is 1.74. The molecule has 4 rings (SSSR count). The maximum atomic E-state index is 13.8. The number of nitrogens with one attached hydrogen (secondary N) is 1. The van der Waals surface area contributed by atoms with Crippen molar-refractivity contribution in [3.63, 3.8) is 0 Å². The highest BCUT2D eigenvalue weighted by atomic mass is 16.6. The third-order valence-corrected chi connectivity index (χ3v) is 7.13. The van der Waals surface area contributed by atoms with E-state index in [0.717, 1.165) is 11.3 Å². The first-order valence-corrected chi connectivity index (χ1v) is 12.9. The van der Waals surface area contributed by atoms with E-state index >= 15 is 0 Å². The number of ether oxygens (including phenoxy) is 5. The Morgan fingerprint density at radius 3 is 2.31 bits per heavy atom. The number of ketones is 1. The van der Waals surface area contributed by atoms with Crippen LogP contribution in [0.5, 0.6) is 23.0 Å². The van der Waals surface area contributed by atoms with Crippen LogP contribution >= 0.6 is 0 Å². The Labute approximate surface area is 228 Å². The first kappa shape index (κ1) is 28.0. The molecule has 2 aliphatic rings. The van der Waals surface area contributed by atoms with Crippen molar-refractivity contribution in [1.29, 1.82) is 0 Å². The van der Waals surface area contributed by atoms with Gasteiger partial charge in [0.05, 0.1) is 33.5 Å².